The van der Waals surface area contributed by atoms with E-state index in [4.69, 9.17) is 16.3 Å². The van der Waals surface area contributed by atoms with E-state index >= 15 is 0 Å². The summed E-state index contributed by atoms with van der Waals surface area (Å²) in [4.78, 5) is 12.4. The molecule has 19 heavy (non-hydrogen) atoms. The minimum Gasteiger partial charge on any atom is -0.495 e. The Morgan fingerprint density at radius 1 is 1.16 bits per heavy atom. The predicted molar refractivity (Wildman–Crippen MR) is 77.2 cm³/mol. The van der Waals surface area contributed by atoms with Gasteiger partial charge in [-0.1, -0.05) is 48.9 Å². The maximum Gasteiger partial charge on any atom is 0.170 e. The number of hydrogen-bond acceptors (Lipinski definition) is 2. The molecule has 0 N–H and O–H groups in total. The van der Waals surface area contributed by atoms with Gasteiger partial charge >= 0.3 is 0 Å². The number of hydrogen-bond donors (Lipinski definition) is 0. The summed E-state index contributed by atoms with van der Waals surface area (Å²) < 4.78 is 5.14. The van der Waals surface area contributed by atoms with Crippen LogP contribution in [0.5, 0.6) is 5.75 Å². The molecule has 0 heterocycles. The van der Waals surface area contributed by atoms with E-state index in [1.54, 1.807) is 18.2 Å². The average molecular weight is 275 g/mol. The highest BCUT2D eigenvalue weighted by atomic mass is 35.5. The van der Waals surface area contributed by atoms with Gasteiger partial charge in [-0.2, -0.15) is 0 Å². The van der Waals surface area contributed by atoms with Crippen LogP contribution < -0.4 is 4.74 Å². The molecule has 0 spiro atoms. The van der Waals surface area contributed by atoms with Gasteiger partial charge in [0, 0.05) is 11.5 Å². The first-order valence-corrected chi connectivity index (χ1v) is 6.44. The summed E-state index contributed by atoms with van der Waals surface area (Å²) in [5.41, 5.74) is 1.61. The third-order valence-corrected chi connectivity index (χ3v) is 3.44. The predicted octanol–water partition coefficient (Wildman–Crippen LogP) is 4.34. The van der Waals surface area contributed by atoms with Crippen LogP contribution in [0.25, 0.3) is 0 Å². The van der Waals surface area contributed by atoms with Crippen LogP contribution >= 0.6 is 11.6 Å². The summed E-state index contributed by atoms with van der Waals surface area (Å²) in [6, 6.07) is 14.8. The maximum absolute atomic E-state index is 12.4. The molecule has 0 bridgehead atoms. The van der Waals surface area contributed by atoms with Gasteiger partial charge in [-0.05, 0) is 23.8 Å². The van der Waals surface area contributed by atoms with E-state index in [9.17, 15) is 4.79 Å². The van der Waals surface area contributed by atoms with Crippen LogP contribution in [0.4, 0.5) is 0 Å². The normalized spacial score (nSPS) is 11.9. The smallest absolute Gasteiger partial charge is 0.170 e. The maximum atomic E-state index is 12.4. The highest BCUT2D eigenvalue weighted by Crippen LogP contribution is 2.28. The monoisotopic (exact) mass is 274 g/mol. The Labute approximate surface area is 118 Å². The van der Waals surface area contributed by atoms with Gasteiger partial charge in [0.05, 0.1) is 12.1 Å². The first-order chi connectivity index (χ1) is 9.13. The fourth-order valence-corrected chi connectivity index (χ4v) is 2.15. The molecular formula is C16H15ClO2. The lowest BCUT2D eigenvalue weighted by Gasteiger charge is -2.12. The third kappa shape index (κ3) is 2.96. The number of benzene rings is 2. The largest absolute Gasteiger partial charge is 0.495 e. The molecule has 2 aromatic rings. The molecule has 3 heteroatoms. The number of methoxy groups -OCH3 is 1. The summed E-state index contributed by atoms with van der Waals surface area (Å²) in [6.45, 7) is 1.90. The summed E-state index contributed by atoms with van der Waals surface area (Å²) in [5.74, 6) is 0.390. The summed E-state index contributed by atoms with van der Waals surface area (Å²) in [6.07, 6.45) is 0. The Balaban J connectivity index is 2.29. The van der Waals surface area contributed by atoms with Crippen molar-refractivity contribution in [2.75, 3.05) is 7.11 Å². The Morgan fingerprint density at radius 2 is 1.84 bits per heavy atom. The number of ketones is 1. The van der Waals surface area contributed by atoms with E-state index in [1.165, 1.54) is 7.11 Å². The standard InChI is InChI=1S/C16H15ClO2/c1-11(12-6-4-3-5-7-12)16(18)13-8-9-14(17)15(10-13)19-2/h3-11H,1-2H3. The molecular weight excluding hydrogens is 260 g/mol. The minimum atomic E-state index is -0.188. The van der Waals surface area contributed by atoms with Gasteiger partial charge < -0.3 is 4.74 Å². The van der Waals surface area contributed by atoms with Crippen molar-refractivity contribution in [1.29, 1.82) is 0 Å². The van der Waals surface area contributed by atoms with E-state index in [2.05, 4.69) is 0 Å². The molecule has 0 aliphatic heterocycles. The molecule has 2 rings (SSSR count). The van der Waals surface area contributed by atoms with Crippen LogP contribution in [0.15, 0.2) is 48.5 Å². The molecule has 1 unspecified atom stereocenters. The SMILES string of the molecule is COc1cc(C(=O)C(C)c2ccccc2)ccc1Cl. The lowest BCUT2D eigenvalue weighted by atomic mass is 9.92. The fraction of sp³-hybridized carbons (Fsp3) is 0.188. The highest BCUT2D eigenvalue weighted by molar-refractivity contribution is 6.32. The summed E-state index contributed by atoms with van der Waals surface area (Å²) >= 11 is 5.96. The van der Waals surface area contributed by atoms with E-state index in [0.29, 0.717) is 16.3 Å². The average Bonchev–Trinajstić information content (AvgIpc) is 2.47. The van der Waals surface area contributed by atoms with E-state index in [-0.39, 0.29) is 11.7 Å². The zero-order valence-electron chi connectivity index (χ0n) is 10.9. The lowest BCUT2D eigenvalue weighted by molar-refractivity contribution is 0.0966. The van der Waals surface area contributed by atoms with Gasteiger partial charge in [0.2, 0.25) is 0 Å². The molecule has 0 amide bonds. The van der Waals surface area contributed by atoms with Crippen molar-refractivity contribution in [3.8, 4) is 5.75 Å². The Bertz CT molecular complexity index is 579. The number of carbonyl (C=O) groups is 1. The number of halogens is 1. The second kappa shape index (κ2) is 5.89. The van der Waals surface area contributed by atoms with Crippen molar-refractivity contribution in [3.05, 3.63) is 64.7 Å². The molecule has 0 radical (unpaired) electrons. The van der Waals surface area contributed by atoms with Gasteiger partial charge in [-0.15, -0.1) is 0 Å². The van der Waals surface area contributed by atoms with Crippen LogP contribution in [0, 0.1) is 0 Å². The number of Topliss-reactive ketones (excluding diaryl/α,β-unsaturated/α-hetero) is 1. The summed E-state index contributed by atoms with van der Waals surface area (Å²) in [7, 11) is 1.54. The van der Waals surface area contributed by atoms with Gasteiger partial charge in [0.25, 0.3) is 0 Å². The lowest BCUT2D eigenvalue weighted by Crippen LogP contribution is -2.09. The van der Waals surface area contributed by atoms with Crippen molar-refractivity contribution in [1.82, 2.24) is 0 Å². The van der Waals surface area contributed by atoms with Crippen molar-refractivity contribution >= 4 is 17.4 Å². The quantitative estimate of drug-likeness (QED) is 0.776. The Hall–Kier alpha value is -1.80. The Kier molecular flexibility index (Phi) is 4.23. The van der Waals surface area contributed by atoms with Gasteiger partial charge in [-0.25, -0.2) is 0 Å². The second-order valence-corrected chi connectivity index (χ2v) is 4.75. The van der Waals surface area contributed by atoms with Crippen LogP contribution in [0.3, 0.4) is 0 Å². The first kappa shape index (κ1) is 13.6. The van der Waals surface area contributed by atoms with E-state index in [0.717, 1.165) is 5.56 Å². The topological polar surface area (TPSA) is 26.3 Å². The second-order valence-electron chi connectivity index (χ2n) is 4.35. The molecule has 0 saturated heterocycles. The number of ether oxygens (including phenoxy) is 1. The number of carbonyl (C=O) groups excluding carboxylic acids is 1. The number of rotatable bonds is 4. The van der Waals surface area contributed by atoms with Gasteiger partial charge in [0.1, 0.15) is 5.75 Å². The zero-order valence-corrected chi connectivity index (χ0v) is 11.6. The fourth-order valence-electron chi connectivity index (χ4n) is 1.96. The van der Waals surface area contributed by atoms with Crippen molar-refractivity contribution in [2.45, 2.75) is 12.8 Å². The zero-order chi connectivity index (χ0) is 13.8. The molecule has 0 fully saturated rings. The highest BCUT2D eigenvalue weighted by Gasteiger charge is 2.18. The van der Waals surface area contributed by atoms with Gasteiger partial charge in [-0.3, -0.25) is 4.79 Å². The van der Waals surface area contributed by atoms with Crippen molar-refractivity contribution in [2.24, 2.45) is 0 Å². The molecule has 0 aliphatic rings. The third-order valence-electron chi connectivity index (χ3n) is 3.13. The summed E-state index contributed by atoms with van der Waals surface area (Å²) in [5, 5.41) is 0.506. The van der Waals surface area contributed by atoms with Crippen LogP contribution in [0.1, 0.15) is 28.8 Å². The van der Waals surface area contributed by atoms with Crippen molar-refractivity contribution in [3.63, 3.8) is 0 Å². The Morgan fingerprint density at radius 3 is 2.47 bits per heavy atom. The van der Waals surface area contributed by atoms with Crippen molar-refractivity contribution < 1.29 is 9.53 Å². The molecule has 0 aliphatic carbocycles. The van der Waals surface area contributed by atoms with Crippen LogP contribution in [-0.2, 0) is 0 Å². The van der Waals surface area contributed by atoms with Gasteiger partial charge in [0.15, 0.2) is 5.78 Å². The molecule has 0 saturated carbocycles. The van der Waals surface area contributed by atoms with E-state index in [1.807, 2.05) is 37.3 Å². The molecule has 2 nitrogen and oxygen atoms in total. The first-order valence-electron chi connectivity index (χ1n) is 6.06. The molecule has 98 valence electrons. The molecule has 2 aromatic carbocycles. The van der Waals surface area contributed by atoms with Crippen LogP contribution in [0.2, 0.25) is 5.02 Å². The van der Waals surface area contributed by atoms with Crippen LogP contribution in [-0.4, -0.2) is 12.9 Å². The molecule has 1 atom stereocenters. The minimum absolute atomic E-state index is 0.0566. The molecule has 0 aromatic heterocycles. The van der Waals surface area contributed by atoms with E-state index < -0.39 is 0 Å².